The minimum atomic E-state index is -0.0761. The number of nitrogens with zero attached hydrogens (tertiary/aromatic N) is 2. The minimum Gasteiger partial charge on any atom is -0.456 e. The zero-order valence-electron chi connectivity index (χ0n) is 38.9. The second-order valence-corrected chi connectivity index (χ2v) is 19.3. The van der Waals surface area contributed by atoms with Gasteiger partial charge in [0.2, 0.25) is 0 Å². The number of anilines is 3. The molecule has 0 bridgehead atoms. The number of para-hydroxylation sites is 1. The first-order valence-corrected chi connectivity index (χ1v) is 24.2. The molecule has 14 rings (SSSR count). The molecule has 0 saturated heterocycles. The third-order valence-corrected chi connectivity index (χ3v) is 15.0. The highest BCUT2D eigenvalue weighted by Crippen LogP contribution is 2.51. The lowest BCUT2D eigenvalue weighted by Crippen LogP contribution is -2.15. The molecule has 330 valence electrons. The quantitative estimate of drug-likeness (QED) is 0.159. The number of ether oxygens (including phenoxy) is 1. The first kappa shape index (κ1) is 40.2. The van der Waals surface area contributed by atoms with E-state index in [2.05, 4.69) is 266 Å². The van der Waals surface area contributed by atoms with Gasteiger partial charge < -0.3 is 14.2 Å². The Hall–Kier alpha value is -8.92. The molecule has 0 amide bonds. The van der Waals surface area contributed by atoms with Gasteiger partial charge in [-0.3, -0.25) is 0 Å². The number of hydrogen-bond donors (Lipinski definition) is 0. The zero-order chi connectivity index (χ0) is 46.5. The van der Waals surface area contributed by atoms with Crippen molar-refractivity contribution in [2.75, 3.05) is 4.90 Å². The van der Waals surface area contributed by atoms with Gasteiger partial charge in [-0.05, 0) is 152 Å². The van der Waals surface area contributed by atoms with Gasteiger partial charge in [0.25, 0.3) is 0 Å². The van der Waals surface area contributed by atoms with E-state index in [9.17, 15) is 0 Å². The van der Waals surface area contributed by atoms with Crippen LogP contribution in [0.15, 0.2) is 243 Å². The lowest BCUT2D eigenvalue weighted by Gasteiger charge is -2.26. The second-order valence-electron chi connectivity index (χ2n) is 19.3. The van der Waals surface area contributed by atoms with Crippen molar-refractivity contribution in [3.05, 3.63) is 254 Å². The minimum absolute atomic E-state index is 0.0761. The topological polar surface area (TPSA) is 17.4 Å². The molecule has 0 radical (unpaired) electrons. The van der Waals surface area contributed by atoms with Crippen molar-refractivity contribution in [3.8, 4) is 72.8 Å². The highest BCUT2D eigenvalue weighted by molar-refractivity contribution is 6.11. The summed E-state index contributed by atoms with van der Waals surface area (Å²) in [4.78, 5) is 2.35. The molecule has 0 saturated carbocycles. The van der Waals surface area contributed by atoms with Gasteiger partial charge in [-0.15, -0.1) is 0 Å². The Morgan fingerprint density at radius 3 is 1.64 bits per heavy atom. The Kier molecular flexibility index (Phi) is 8.93. The van der Waals surface area contributed by atoms with Crippen molar-refractivity contribution in [1.29, 1.82) is 0 Å². The summed E-state index contributed by atoms with van der Waals surface area (Å²) in [6.07, 6.45) is 0. The summed E-state index contributed by atoms with van der Waals surface area (Å²) >= 11 is 0. The molecule has 3 heteroatoms. The Morgan fingerprint density at radius 1 is 0.357 bits per heavy atom. The van der Waals surface area contributed by atoms with Gasteiger partial charge in [0.1, 0.15) is 11.5 Å². The van der Waals surface area contributed by atoms with Crippen LogP contribution in [-0.4, -0.2) is 4.57 Å². The predicted octanol–water partition coefficient (Wildman–Crippen LogP) is 18.5. The normalized spacial score (nSPS) is 12.9. The fraction of sp³-hybridized carbons (Fsp3) is 0.0448. The van der Waals surface area contributed by atoms with Gasteiger partial charge in [-0.2, -0.15) is 0 Å². The van der Waals surface area contributed by atoms with Crippen molar-refractivity contribution < 1.29 is 4.74 Å². The van der Waals surface area contributed by atoms with Crippen LogP contribution in [0.25, 0.3) is 93.9 Å². The van der Waals surface area contributed by atoms with E-state index in [1.165, 1.54) is 88.3 Å². The van der Waals surface area contributed by atoms with E-state index in [0.29, 0.717) is 0 Å². The molecule has 1 aromatic heterocycles. The van der Waals surface area contributed by atoms with Gasteiger partial charge in [-0.1, -0.05) is 172 Å². The molecule has 0 fully saturated rings. The summed E-state index contributed by atoms with van der Waals surface area (Å²) in [5, 5.41) is 4.86. The summed E-state index contributed by atoms with van der Waals surface area (Å²) in [6, 6.07) is 88.5. The van der Waals surface area contributed by atoms with Crippen molar-refractivity contribution in [3.63, 3.8) is 0 Å². The number of rotatable bonds is 7. The molecule has 2 aliphatic rings. The van der Waals surface area contributed by atoms with Crippen LogP contribution in [0, 0.1) is 0 Å². The molecule has 1 aliphatic heterocycles. The summed E-state index contributed by atoms with van der Waals surface area (Å²) < 4.78 is 9.00. The molecule has 2 heterocycles. The van der Waals surface area contributed by atoms with Crippen LogP contribution in [0.2, 0.25) is 0 Å². The van der Waals surface area contributed by atoms with Crippen LogP contribution < -0.4 is 9.64 Å². The van der Waals surface area contributed by atoms with Crippen LogP contribution in [0.5, 0.6) is 11.5 Å². The molecule has 11 aromatic carbocycles. The lowest BCUT2D eigenvalue weighted by atomic mass is 9.82. The van der Waals surface area contributed by atoms with Gasteiger partial charge in [0.15, 0.2) is 0 Å². The van der Waals surface area contributed by atoms with E-state index in [1.54, 1.807) is 0 Å². The average molecular weight is 895 g/mol. The molecule has 0 N–H and O–H groups in total. The Morgan fingerprint density at radius 2 is 0.900 bits per heavy atom. The van der Waals surface area contributed by atoms with E-state index >= 15 is 0 Å². The van der Waals surface area contributed by atoms with E-state index < -0.39 is 0 Å². The number of hydrogen-bond acceptors (Lipinski definition) is 2. The summed E-state index contributed by atoms with van der Waals surface area (Å²) in [5.41, 5.74) is 21.5. The van der Waals surface area contributed by atoms with E-state index in [0.717, 1.165) is 45.3 Å². The molecule has 1 aliphatic carbocycles. The van der Waals surface area contributed by atoms with E-state index in [-0.39, 0.29) is 5.41 Å². The van der Waals surface area contributed by atoms with Gasteiger partial charge >= 0.3 is 0 Å². The highest BCUT2D eigenvalue weighted by Gasteiger charge is 2.35. The molecular weight excluding hydrogens is 849 g/mol. The summed E-state index contributed by atoms with van der Waals surface area (Å²) in [5.74, 6) is 1.79. The fourth-order valence-corrected chi connectivity index (χ4v) is 11.5. The second kappa shape index (κ2) is 15.6. The maximum atomic E-state index is 6.55. The Bertz CT molecular complexity index is 4030. The zero-order valence-corrected chi connectivity index (χ0v) is 38.9. The smallest absolute Gasteiger partial charge is 0.135 e. The number of benzene rings is 11. The van der Waals surface area contributed by atoms with E-state index in [4.69, 9.17) is 4.74 Å². The SMILES string of the molecule is CC1(C)c2ccccc2-c2ccc(-n3c4ccccc4c4cc(-c5ccc(N(c6ccc(-c7ccccc7)cc6)c6ccc(-c7ccc8c(c7)Oc7cccc9cccc-8c79)cc6)cc5)ccc43)cc21. The molecule has 70 heavy (non-hydrogen) atoms. The van der Waals surface area contributed by atoms with Crippen molar-refractivity contribution in [1.82, 2.24) is 4.57 Å². The van der Waals surface area contributed by atoms with E-state index in [1.807, 2.05) is 0 Å². The molecule has 0 spiro atoms. The molecular formula is C67H46N2O. The van der Waals surface area contributed by atoms with Gasteiger partial charge in [0.05, 0.1) is 11.0 Å². The summed E-state index contributed by atoms with van der Waals surface area (Å²) in [6.45, 7) is 4.71. The first-order chi connectivity index (χ1) is 34.4. The summed E-state index contributed by atoms with van der Waals surface area (Å²) in [7, 11) is 0. The van der Waals surface area contributed by atoms with Crippen LogP contribution in [-0.2, 0) is 5.41 Å². The van der Waals surface area contributed by atoms with Crippen LogP contribution >= 0.6 is 0 Å². The molecule has 0 atom stereocenters. The number of aromatic nitrogens is 1. The van der Waals surface area contributed by atoms with Gasteiger partial charge in [-0.25, -0.2) is 0 Å². The number of fused-ring (bicyclic) bond motifs is 8. The monoisotopic (exact) mass is 894 g/mol. The maximum absolute atomic E-state index is 6.55. The lowest BCUT2D eigenvalue weighted by molar-refractivity contribution is 0.487. The van der Waals surface area contributed by atoms with Crippen LogP contribution in [0.1, 0.15) is 25.0 Å². The largest absolute Gasteiger partial charge is 0.456 e. The predicted molar refractivity (Wildman–Crippen MR) is 292 cm³/mol. The third kappa shape index (κ3) is 6.28. The Labute approximate surface area is 407 Å². The molecule has 3 nitrogen and oxygen atoms in total. The van der Waals surface area contributed by atoms with Crippen LogP contribution in [0.3, 0.4) is 0 Å². The average Bonchev–Trinajstić information content (AvgIpc) is 3.87. The maximum Gasteiger partial charge on any atom is 0.135 e. The fourth-order valence-electron chi connectivity index (χ4n) is 11.5. The standard InChI is InChI=1S/C67H46N2O/c1-67(2)60-19-8-6-16-54(60)55-38-36-53(42-61(55)67)69-62-20-9-7-17-56(62)59-40-48(29-39-63(59)69)45-24-32-51(33-25-45)68(50-30-22-44(23-31-50)43-12-4-3-5-13-43)52-34-26-46(27-35-52)49-28-37-57-58-18-10-14-47-15-11-21-64(66(47)58)70-65(57)41-49/h3-42H,1-2H3. The first-order valence-electron chi connectivity index (χ1n) is 24.2. The highest BCUT2D eigenvalue weighted by atomic mass is 16.5. The van der Waals surface area contributed by atoms with Crippen molar-refractivity contribution in [2.24, 2.45) is 0 Å². The third-order valence-electron chi connectivity index (χ3n) is 15.0. The Balaban J connectivity index is 0.814. The molecule has 12 aromatic rings. The van der Waals surface area contributed by atoms with Crippen molar-refractivity contribution in [2.45, 2.75) is 19.3 Å². The van der Waals surface area contributed by atoms with Crippen LogP contribution in [0.4, 0.5) is 17.1 Å². The molecule has 0 unspecified atom stereocenters. The van der Waals surface area contributed by atoms with Crippen molar-refractivity contribution >= 4 is 49.6 Å². The van der Waals surface area contributed by atoms with Gasteiger partial charge in [0, 0.05) is 49.9 Å².